The Kier molecular flexibility index (Phi) is 4.48. The maximum Gasteiger partial charge on any atom is 0.269 e. The van der Waals surface area contributed by atoms with Gasteiger partial charge in [-0.3, -0.25) is 15.0 Å². The molecule has 132 valence electrons. The van der Waals surface area contributed by atoms with Crippen molar-refractivity contribution in [2.24, 2.45) is 0 Å². The number of benzene rings is 1. The first-order chi connectivity index (χ1) is 12.2. The first-order valence-electron chi connectivity index (χ1n) is 9.01. The topological polar surface area (TPSA) is 85.3 Å². The van der Waals surface area contributed by atoms with Gasteiger partial charge in [0.15, 0.2) is 0 Å². The van der Waals surface area contributed by atoms with Crippen molar-refractivity contribution in [3.8, 4) is 0 Å². The maximum atomic E-state index is 11.0. The lowest BCUT2D eigenvalue weighted by molar-refractivity contribution is -0.384. The van der Waals surface area contributed by atoms with Crippen molar-refractivity contribution < 1.29 is 9.34 Å². The minimum atomic E-state index is -0.347. The Bertz CT molecular complexity index is 756. The molecule has 0 N–H and O–H groups in total. The lowest BCUT2D eigenvalue weighted by Gasteiger charge is -2.33. The van der Waals surface area contributed by atoms with E-state index in [1.165, 1.54) is 12.5 Å². The summed E-state index contributed by atoms with van der Waals surface area (Å²) < 4.78 is 5.98. The molecule has 2 aliphatic rings. The molecule has 7 nitrogen and oxygen atoms in total. The van der Waals surface area contributed by atoms with Crippen molar-refractivity contribution in [3.05, 3.63) is 51.7 Å². The van der Waals surface area contributed by atoms with E-state index in [0.717, 1.165) is 50.1 Å². The number of nitro benzene ring substituents is 1. The van der Waals surface area contributed by atoms with E-state index in [-0.39, 0.29) is 16.7 Å². The van der Waals surface area contributed by atoms with Gasteiger partial charge in [0.05, 0.1) is 11.0 Å². The van der Waals surface area contributed by atoms with Gasteiger partial charge in [-0.2, -0.15) is 0 Å². The highest BCUT2D eigenvalue weighted by atomic mass is 16.6. The molecule has 0 radical (unpaired) electrons. The van der Waals surface area contributed by atoms with E-state index in [1.54, 1.807) is 12.1 Å². The Hall–Kier alpha value is -2.28. The normalized spacial score (nSPS) is 21.8. The summed E-state index contributed by atoms with van der Waals surface area (Å²) in [4.78, 5) is 12.9. The van der Waals surface area contributed by atoms with Gasteiger partial charge in [0.1, 0.15) is 0 Å². The van der Waals surface area contributed by atoms with Crippen LogP contribution < -0.4 is 0 Å². The number of likely N-dealkylation sites (tertiary alicyclic amines) is 1. The third-order valence-corrected chi connectivity index (χ3v) is 5.32. The molecule has 1 saturated carbocycles. The first kappa shape index (κ1) is 16.2. The van der Waals surface area contributed by atoms with Crippen LogP contribution in [0, 0.1) is 10.1 Å². The van der Waals surface area contributed by atoms with E-state index in [1.807, 2.05) is 6.07 Å². The van der Waals surface area contributed by atoms with Crippen molar-refractivity contribution >= 4 is 5.69 Å². The van der Waals surface area contributed by atoms with Crippen molar-refractivity contribution in [1.82, 2.24) is 15.1 Å². The summed E-state index contributed by atoms with van der Waals surface area (Å²) in [6.45, 7) is 1.60. The van der Waals surface area contributed by atoms with Gasteiger partial charge in [-0.1, -0.05) is 25.0 Å². The lowest BCUT2D eigenvalue weighted by atomic mass is 9.85. The fourth-order valence-corrected chi connectivity index (χ4v) is 3.66. The van der Waals surface area contributed by atoms with Crippen LogP contribution >= 0.6 is 0 Å². The largest absolute Gasteiger partial charge is 0.423 e. The van der Waals surface area contributed by atoms with Crippen LogP contribution in [-0.2, 0) is 6.54 Å². The molecule has 1 saturated heterocycles. The molecule has 1 atom stereocenters. The van der Waals surface area contributed by atoms with Gasteiger partial charge in [0.25, 0.3) is 5.69 Å². The summed E-state index contributed by atoms with van der Waals surface area (Å²) in [7, 11) is 0. The zero-order valence-electron chi connectivity index (χ0n) is 14.1. The van der Waals surface area contributed by atoms with E-state index < -0.39 is 0 Å². The lowest BCUT2D eigenvalue weighted by Crippen LogP contribution is -2.33. The number of piperidine rings is 1. The first-order valence-corrected chi connectivity index (χ1v) is 9.01. The number of nitrogens with zero attached hydrogens (tertiary/aromatic N) is 4. The second-order valence-corrected chi connectivity index (χ2v) is 7.02. The minimum absolute atomic E-state index is 0.106. The van der Waals surface area contributed by atoms with Gasteiger partial charge in [0, 0.05) is 24.6 Å². The highest BCUT2D eigenvalue weighted by Crippen LogP contribution is 2.38. The average Bonchev–Trinajstić information content (AvgIpc) is 3.03. The molecule has 0 bridgehead atoms. The summed E-state index contributed by atoms with van der Waals surface area (Å²) in [6, 6.07) is 6.97. The monoisotopic (exact) mass is 342 g/mol. The Morgan fingerprint density at radius 1 is 1.16 bits per heavy atom. The number of aromatic nitrogens is 2. The van der Waals surface area contributed by atoms with Crippen molar-refractivity contribution in [2.75, 3.05) is 6.54 Å². The summed E-state index contributed by atoms with van der Waals surface area (Å²) in [6.07, 6.45) is 6.77. The van der Waals surface area contributed by atoms with Gasteiger partial charge < -0.3 is 4.42 Å². The van der Waals surface area contributed by atoms with E-state index in [9.17, 15) is 10.1 Å². The van der Waals surface area contributed by atoms with Gasteiger partial charge in [-0.05, 0) is 37.8 Å². The van der Waals surface area contributed by atoms with Crippen LogP contribution in [0.5, 0.6) is 0 Å². The fraction of sp³-hybridized carbons (Fsp3) is 0.556. The van der Waals surface area contributed by atoms with Crippen LogP contribution in [0.15, 0.2) is 28.7 Å². The molecule has 2 aromatic rings. The van der Waals surface area contributed by atoms with Crippen LogP contribution in [0.3, 0.4) is 0 Å². The van der Waals surface area contributed by atoms with Gasteiger partial charge in [0.2, 0.25) is 11.8 Å². The molecular formula is C18H22N4O3. The molecule has 25 heavy (non-hydrogen) atoms. The fourth-order valence-electron chi connectivity index (χ4n) is 3.66. The summed E-state index contributed by atoms with van der Waals surface area (Å²) in [5.74, 6) is 1.92. The quantitative estimate of drug-likeness (QED) is 0.603. The third kappa shape index (κ3) is 3.42. The van der Waals surface area contributed by atoms with Crippen LogP contribution in [0.1, 0.15) is 67.8 Å². The van der Waals surface area contributed by atoms with E-state index >= 15 is 0 Å². The average molecular weight is 342 g/mol. The molecular weight excluding hydrogens is 320 g/mol. The molecule has 1 aliphatic carbocycles. The van der Waals surface area contributed by atoms with Gasteiger partial charge in [-0.15, -0.1) is 10.2 Å². The Morgan fingerprint density at radius 2 is 2.00 bits per heavy atom. The highest BCUT2D eigenvalue weighted by molar-refractivity contribution is 5.34. The number of nitro groups is 1. The Balaban J connectivity index is 1.51. The number of hydrogen-bond acceptors (Lipinski definition) is 6. The van der Waals surface area contributed by atoms with Gasteiger partial charge in [-0.25, -0.2) is 0 Å². The van der Waals surface area contributed by atoms with Crippen LogP contribution in [-0.4, -0.2) is 26.6 Å². The summed E-state index contributed by atoms with van der Waals surface area (Å²) in [5.41, 5.74) is 1.08. The van der Waals surface area contributed by atoms with Crippen molar-refractivity contribution in [1.29, 1.82) is 0 Å². The number of hydrogen-bond donors (Lipinski definition) is 0. The molecule has 0 amide bonds. The second kappa shape index (κ2) is 6.92. The van der Waals surface area contributed by atoms with Crippen LogP contribution in [0.2, 0.25) is 0 Å². The summed E-state index contributed by atoms with van der Waals surface area (Å²) >= 11 is 0. The van der Waals surface area contributed by atoms with Gasteiger partial charge >= 0.3 is 0 Å². The SMILES string of the molecule is O=[N+]([O-])c1cccc(CN2CCCC[C@H]2c2nnc(C3CCC3)o2)c1. The smallest absolute Gasteiger partial charge is 0.269 e. The van der Waals surface area contributed by atoms with Crippen LogP contribution in [0.4, 0.5) is 5.69 Å². The predicted octanol–water partition coefficient (Wildman–Crippen LogP) is 3.97. The maximum absolute atomic E-state index is 11.0. The Morgan fingerprint density at radius 3 is 2.76 bits per heavy atom. The van der Waals surface area contributed by atoms with E-state index in [4.69, 9.17) is 4.42 Å². The summed E-state index contributed by atoms with van der Waals surface area (Å²) in [5, 5.41) is 19.6. The molecule has 0 spiro atoms. The predicted molar refractivity (Wildman–Crippen MR) is 91.0 cm³/mol. The highest BCUT2D eigenvalue weighted by Gasteiger charge is 2.31. The molecule has 1 aromatic heterocycles. The zero-order chi connectivity index (χ0) is 17.2. The van der Waals surface area contributed by atoms with Crippen molar-refractivity contribution in [3.63, 3.8) is 0 Å². The Labute approximate surface area is 146 Å². The molecule has 1 aromatic carbocycles. The third-order valence-electron chi connectivity index (χ3n) is 5.32. The molecule has 1 aliphatic heterocycles. The molecule has 2 heterocycles. The standard InChI is InChI=1S/C18H22N4O3/c23-22(24)15-8-3-5-13(11-15)12-21-10-2-1-9-16(21)18-20-19-17(25-18)14-6-4-7-14/h3,5,8,11,14,16H,1-2,4,6-7,9-10,12H2/t16-/m0/s1. The number of rotatable bonds is 5. The minimum Gasteiger partial charge on any atom is -0.423 e. The van der Waals surface area contributed by atoms with Crippen LogP contribution in [0.25, 0.3) is 0 Å². The molecule has 0 unspecified atom stereocenters. The van der Waals surface area contributed by atoms with E-state index in [0.29, 0.717) is 18.4 Å². The zero-order valence-corrected chi connectivity index (χ0v) is 14.1. The number of non-ortho nitro benzene ring substituents is 1. The van der Waals surface area contributed by atoms with E-state index in [2.05, 4.69) is 15.1 Å². The molecule has 2 fully saturated rings. The molecule has 7 heteroatoms. The van der Waals surface area contributed by atoms with Crippen molar-refractivity contribution in [2.45, 2.75) is 57.0 Å². The second-order valence-electron chi connectivity index (χ2n) is 7.02. The molecule has 4 rings (SSSR count).